The average molecular weight is 285 g/mol. The van der Waals surface area contributed by atoms with Gasteiger partial charge in [-0.2, -0.15) is 0 Å². The first-order valence-electron chi connectivity index (χ1n) is 6.82. The van der Waals surface area contributed by atoms with E-state index in [0.29, 0.717) is 12.2 Å². The number of aryl methyl sites for hydroxylation is 1. The predicted octanol–water partition coefficient (Wildman–Crippen LogP) is 2.85. The van der Waals surface area contributed by atoms with Crippen molar-refractivity contribution in [2.75, 3.05) is 5.32 Å². The molecule has 5 nitrogen and oxygen atoms in total. The van der Waals surface area contributed by atoms with Crippen LogP contribution in [-0.2, 0) is 6.42 Å². The van der Waals surface area contributed by atoms with E-state index in [9.17, 15) is 9.90 Å². The van der Waals surface area contributed by atoms with Crippen molar-refractivity contribution >= 4 is 11.8 Å². The Hall–Kier alpha value is -2.56. The lowest BCUT2D eigenvalue weighted by Crippen LogP contribution is -2.37. The van der Waals surface area contributed by atoms with E-state index in [-0.39, 0.29) is 17.8 Å². The largest absolute Gasteiger partial charge is 0.508 e. The Bertz CT molecular complexity index is 611. The molecule has 0 aliphatic rings. The molecule has 0 saturated heterocycles. The van der Waals surface area contributed by atoms with E-state index in [4.69, 9.17) is 0 Å². The minimum Gasteiger partial charge on any atom is -0.508 e. The van der Waals surface area contributed by atoms with Gasteiger partial charge >= 0.3 is 6.03 Å². The van der Waals surface area contributed by atoms with E-state index >= 15 is 0 Å². The molecule has 0 saturated carbocycles. The average Bonchev–Trinajstić information content (AvgIpc) is 2.41. The van der Waals surface area contributed by atoms with Gasteiger partial charge in [0, 0.05) is 11.7 Å². The highest BCUT2D eigenvalue weighted by Crippen LogP contribution is 2.11. The van der Waals surface area contributed by atoms with Crippen molar-refractivity contribution in [3.05, 3.63) is 53.7 Å². The second-order valence-electron chi connectivity index (χ2n) is 5.03. The van der Waals surface area contributed by atoms with Crippen LogP contribution in [-0.4, -0.2) is 22.2 Å². The van der Waals surface area contributed by atoms with Gasteiger partial charge in [-0.15, -0.1) is 0 Å². The summed E-state index contributed by atoms with van der Waals surface area (Å²) in [6.07, 6.45) is 0.689. The number of phenols is 1. The molecule has 2 rings (SSSR count). The van der Waals surface area contributed by atoms with Crippen molar-refractivity contribution in [2.24, 2.45) is 0 Å². The normalized spacial score (nSPS) is 11.7. The molecule has 2 aromatic rings. The number of aromatic hydroxyl groups is 1. The van der Waals surface area contributed by atoms with E-state index in [0.717, 1.165) is 11.3 Å². The van der Waals surface area contributed by atoms with Crippen LogP contribution in [0, 0.1) is 6.92 Å². The van der Waals surface area contributed by atoms with Crippen LogP contribution in [0.15, 0.2) is 42.5 Å². The third kappa shape index (κ3) is 4.80. The van der Waals surface area contributed by atoms with E-state index in [1.807, 2.05) is 38.1 Å². The number of hydrogen-bond donors (Lipinski definition) is 3. The molecule has 0 bridgehead atoms. The summed E-state index contributed by atoms with van der Waals surface area (Å²) < 4.78 is 0. The monoisotopic (exact) mass is 285 g/mol. The lowest BCUT2D eigenvalue weighted by Gasteiger charge is -2.14. The highest BCUT2D eigenvalue weighted by Gasteiger charge is 2.09. The van der Waals surface area contributed by atoms with Crippen molar-refractivity contribution in [1.82, 2.24) is 10.3 Å². The molecule has 21 heavy (non-hydrogen) atoms. The number of nitrogens with zero attached hydrogens (tertiary/aromatic N) is 1. The van der Waals surface area contributed by atoms with Crippen molar-refractivity contribution in [3.63, 3.8) is 0 Å². The van der Waals surface area contributed by atoms with Crippen LogP contribution in [0.5, 0.6) is 5.75 Å². The SMILES string of the molecule is Cc1cccc(NC(=O)N[C@@H](C)Cc2ccc(O)cc2)n1. The molecule has 0 spiro atoms. The number of nitrogens with one attached hydrogen (secondary N) is 2. The third-order valence-electron chi connectivity index (χ3n) is 2.99. The number of rotatable bonds is 4. The van der Waals surface area contributed by atoms with Gasteiger partial charge in [-0.05, 0) is 50.1 Å². The van der Waals surface area contributed by atoms with Gasteiger partial charge in [0.2, 0.25) is 0 Å². The Morgan fingerprint density at radius 3 is 2.62 bits per heavy atom. The second kappa shape index (κ2) is 6.74. The number of aromatic nitrogens is 1. The molecule has 5 heteroatoms. The molecule has 1 heterocycles. The molecule has 1 aromatic heterocycles. The summed E-state index contributed by atoms with van der Waals surface area (Å²) in [5, 5.41) is 14.8. The van der Waals surface area contributed by atoms with Crippen LogP contribution < -0.4 is 10.6 Å². The van der Waals surface area contributed by atoms with Crippen LogP contribution >= 0.6 is 0 Å². The maximum atomic E-state index is 11.9. The van der Waals surface area contributed by atoms with Crippen LogP contribution in [0.25, 0.3) is 0 Å². The van der Waals surface area contributed by atoms with E-state index in [1.54, 1.807) is 18.2 Å². The zero-order valence-corrected chi connectivity index (χ0v) is 12.1. The van der Waals surface area contributed by atoms with Gasteiger partial charge in [-0.25, -0.2) is 9.78 Å². The summed E-state index contributed by atoms with van der Waals surface area (Å²) in [4.78, 5) is 16.1. The van der Waals surface area contributed by atoms with Crippen LogP contribution in [0.1, 0.15) is 18.2 Å². The number of phenolic OH excluding ortho intramolecular Hbond substituents is 1. The minimum absolute atomic E-state index is 0.0284. The van der Waals surface area contributed by atoms with Crippen molar-refractivity contribution < 1.29 is 9.90 Å². The van der Waals surface area contributed by atoms with Gasteiger partial charge in [0.05, 0.1) is 0 Å². The molecule has 2 amide bonds. The number of carbonyl (C=O) groups is 1. The quantitative estimate of drug-likeness (QED) is 0.808. The number of urea groups is 1. The summed E-state index contributed by atoms with van der Waals surface area (Å²) in [6, 6.07) is 12.1. The maximum Gasteiger partial charge on any atom is 0.320 e. The Kier molecular flexibility index (Phi) is 4.77. The standard InChI is InChI=1S/C16H19N3O2/c1-11-4-3-5-15(17-11)19-16(21)18-12(2)10-13-6-8-14(20)9-7-13/h3-9,12,20H,10H2,1-2H3,(H2,17,18,19,21)/t12-/m0/s1. The van der Waals surface area contributed by atoms with E-state index < -0.39 is 0 Å². The van der Waals surface area contributed by atoms with Gasteiger partial charge in [0.1, 0.15) is 11.6 Å². The van der Waals surface area contributed by atoms with Gasteiger partial charge in [-0.3, -0.25) is 5.32 Å². The predicted molar refractivity (Wildman–Crippen MR) is 82.4 cm³/mol. The summed E-state index contributed by atoms with van der Waals surface area (Å²) in [5.41, 5.74) is 1.90. The van der Waals surface area contributed by atoms with Crippen molar-refractivity contribution in [2.45, 2.75) is 26.3 Å². The third-order valence-corrected chi connectivity index (χ3v) is 2.99. The molecule has 0 aliphatic carbocycles. The summed E-state index contributed by atoms with van der Waals surface area (Å²) >= 11 is 0. The fourth-order valence-electron chi connectivity index (χ4n) is 2.03. The van der Waals surface area contributed by atoms with Gasteiger partial charge in [-0.1, -0.05) is 18.2 Å². The Labute approximate surface area is 124 Å². The zero-order valence-electron chi connectivity index (χ0n) is 12.1. The molecule has 3 N–H and O–H groups in total. The smallest absolute Gasteiger partial charge is 0.320 e. The maximum absolute atomic E-state index is 11.9. The summed E-state index contributed by atoms with van der Waals surface area (Å²) in [7, 11) is 0. The topological polar surface area (TPSA) is 74.2 Å². The van der Waals surface area contributed by atoms with Gasteiger partial charge in [0.25, 0.3) is 0 Å². The summed E-state index contributed by atoms with van der Waals surface area (Å²) in [6.45, 7) is 3.80. The number of amides is 2. The fraction of sp³-hybridized carbons (Fsp3) is 0.250. The number of anilines is 1. The molecule has 0 unspecified atom stereocenters. The Balaban J connectivity index is 1.86. The zero-order chi connectivity index (χ0) is 15.2. The highest BCUT2D eigenvalue weighted by molar-refractivity contribution is 5.88. The number of hydrogen-bond acceptors (Lipinski definition) is 3. The first-order valence-corrected chi connectivity index (χ1v) is 6.82. The van der Waals surface area contributed by atoms with Gasteiger partial charge in [0.15, 0.2) is 0 Å². The Morgan fingerprint density at radius 1 is 1.24 bits per heavy atom. The molecule has 0 radical (unpaired) electrons. The van der Waals surface area contributed by atoms with Crippen molar-refractivity contribution in [1.29, 1.82) is 0 Å². The minimum atomic E-state index is -0.278. The number of pyridine rings is 1. The van der Waals surface area contributed by atoms with Crippen LogP contribution in [0.2, 0.25) is 0 Å². The van der Waals surface area contributed by atoms with Gasteiger partial charge < -0.3 is 10.4 Å². The first-order chi connectivity index (χ1) is 10.0. The molecule has 1 atom stereocenters. The molecule has 1 aromatic carbocycles. The molecule has 0 fully saturated rings. The van der Waals surface area contributed by atoms with Crippen LogP contribution in [0.4, 0.5) is 10.6 Å². The number of carbonyl (C=O) groups excluding carboxylic acids is 1. The molecule has 110 valence electrons. The fourth-order valence-corrected chi connectivity index (χ4v) is 2.03. The van der Waals surface area contributed by atoms with E-state index in [2.05, 4.69) is 15.6 Å². The Morgan fingerprint density at radius 2 is 1.95 bits per heavy atom. The molecular weight excluding hydrogens is 266 g/mol. The molecular formula is C16H19N3O2. The lowest BCUT2D eigenvalue weighted by molar-refractivity contribution is 0.249. The molecule has 0 aliphatic heterocycles. The number of benzene rings is 1. The van der Waals surface area contributed by atoms with E-state index in [1.165, 1.54) is 0 Å². The lowest BCUT2D eigenvalue weighted by atomic mass is 10.1. The first kappa shape index (κ1) is 14.8. The van der Waals surface area contributed by atoms with Crippen molar-refractivity contribution in [3.8, 4) is 5.75 Å². The summed E-state index contributed by atoms with van der Waals surface area (Å²) in [5.74, 6) is 0.770. The second-order valence-corrected chi connectivity index (χ2v) is 5.03. The highest BCUT2D eigenvalue weighted by atomic mass is 16.3. The van der Waals surface area contributed by atoms with Crippen LogP contribution in [0.3, 0.4) is 0 Å².